The number of aryl methyl sites for hydroxylation is 1. The normalized spacial score (nSPS) is 15.2. The van der Waals surface area contributed by atoms with Gasteiger partial charge in [-0.1, -0.05) is 40.9 Å². The molecule has 6 heteroatoms. The summed E-state index contributed by atoms with van der Waals surface area (Å²) in [5, 5.41) is 0.452. The molecule has 1 aliphatic heterocycles. The van der Waals surface area contributed by atoms with Crippen LogP contribution < -0.4 is 4.90 Å². The molecule has 1 amide bonds. The first-order chi connectivity index (χ1) is 10.5. The van der Waals surface area contributed by atoms with Gasteiger partial charge in [-0.25, -0.2) is 0 Å². The van der Waals surface area contributed by atoms with E-state index in [4.69, 9.17) is 23.2 Å². The summed E-state index contributed by atoms with van der Waals surface area (Å²) in [6.45, 7) is 5.17. The molecule has 2 heterocycles. The van der Waals surface area contributed by atoms with E-state index in [9.17, 15) is 4.79 Å². The number of hydrogen-bond donors (Lipinski definition) is 0. The summed E-state index contributed by atoms with van der Waals surface area (Å²) in [7, 11) is 0. The Bertz CT molecular complexity index is 656. The number of carbonyl (C=O) groups excluding carboxylic acids is 1. The average molecular weight is 355 g/mol. The third-order valence-corrected chi connectivity index (χ3v) is 5.68. The van der Waals surface area contributed by atoms with E-state index in [0.29, 0.717) is 27.3 Å². The summed E-state index contributed by atoms with van der Waals surface area (Å²) in [6, 6.07) is 10.1. The van der Waals surface area contributed by atoms with Crippen LogP contribution >= 0.6 is 34.5 Å². The molecule has 1 aromatic carbocycles. The number of thiophene rings is 1. The highest BCUT2D eigenvalue weighted by molar-refractivity contribution is 7.18. The van der Waals surface area contributed by atoms with Crippen molar-refractivity contribution in [2.24, 2.45) is 0 Å². The van der Waals surface area contributed by atoms with Crippen molar-refractivity contribution in [3.8, 4) is 0 Å². The van der Waals surface area contributed by atoms with Crippen LogP contribution in [0.15, 0.2) is 30.3 Å². The van der Waals surface area contributed by atoms with Crippen LogP contribution in [0.2, 0.25) is 9.36 Å². The Hall–Kier alpha value is -1.23. The smallest absolute Gasteiger partial charge is 0.264 e. The van der Waals surface area contributed by atoms with Gasteiger partial charge in [-0.15, -0.1) is 11.3 Å². The third kappa shape index (κ3) is 3.24. The molecule has 0 unspecified atom stereocenters. The number of carbonyl (C=O) groups is 1. The maximum atomic E-state index is 12.5. The second-order valence-electron chi connectivity index (χ2n) is 5.35. The Balaban J connectivity index is 1.64. The SMILES string of the molecule is Cc1ccc(N2CCN(C(=O)c3cc(Cl)c(Cl)s3)CC2)cc1. The predicted octanol–water partition coefficient (Wildman–Crippen LogP) is 4.33. The maximum Gasteiger partial charge on any atom is 0.264 e. The van der Waals surface area contributed by atoms with Crippen molar-refractivity contribution >= 4 is 46.1 Å². The Morgan fingerprint density at radius 2 is 1.73 bits per heavy atom. The van der Waals surface area contributed by atoms with Gasteiger partial charge in [0.25, 0.3) is 5.91 Å². The van der Waals surface area contributed by atoms with E-state index >= 15 is 0 Å². The molecule has 0 spiro atoms. The largest absolute Gasteiger partial charge is 0.368 e. The van der Waals surface area contributed by atoms with Gasteiger partial charge in [-0.3, -0.25) is 4.79 Å². The van der Waals surface area contributed by atoms with Gasteiger partial charge in [0, 0.05) is 31.9 Å². The number of benzene rings is 1. The molecule has 0 bridgehead atoms. The van der Waals surface area contributed by atoms with E-state index in [1.165, 1.54) is 22.6 Å². The molecular formula is C16H16Cl2N2OS. The van der Waals surface area contributed by atoms with Crippen molar-refractivity contribution in [2.75, 3.05) is 31.1 Å². The maximum absolute atomic E-state index is 12.5. The number of halogens is 2. The minimum Gasteiger partial charge on any atom is -0.368 e. The fraction of sp³-hybridized carbons (Fsp3) is 0.312. The standard InChI is InChI=1S/C16H16Cl2N2OS/c1-11-2-4-12(5-3-11)19-6-8-20(9-7-19)16(21)14-10-13(17)15(18)22-14/h2-5,10H,6-9H2,1H3. The highest BCUT2D eigenvalue weighted by Crippen LogP contribution is 2.32. The molecule has 3 nitrogen and oxygen atoms in total. The van der Waals surface area contributed by atoms with Crippen LogP contribution in [0.3, 0.4) is 0 Å². The molecule has 0 aliphatic carbocycles. The number of piperazine rings is 1. The fourth-order valence-electron chi connectivity index (χ4n) is 2.53. The van der Waals surface area contributed by atoms with Crippen molar-refractivity contribution in [1.29, 1.82) is 0 Å². The van der Waals surface area contributed by atoms with E-state index < -0.39 is 0 Å². The second kappa shape index (κ2) is 6.49. The average Bonchev–Trinajstić information content (AvgIpc) is 2.87. The molecule has 0 radical (unpaired) electrons. The molecule has 22 heavy (non-hydrogen) atoms. The van der Waals surface area contributed by atoms with Gasteiger partial charge in [-0.2, -0.15) is 0 Å². The lowest BCUT2D eigenvalue weighted by Crippen LogP contribution is -2.48. The van der Waals surface area contributed by atoms with Gasteiger partial charge in [0.15, 0.2) is 0 Å². The minimum atomic E-state index is 0.0161. The van der Waals surface area contributed by atoms with Gasteiger partial charge in [0.05, 0.1) is 9.90 Å². The molecule has 1 aromatic heterocycles. The first kappa shape index (κ1) is 15.7. The summed E-state index contributed by atoms with van der Waals surface area (Å²) in [6.07, 6.45) is 0. The lowest BCUT2D eigenvalue weighted by atomic mass is 10.2. The zero-order chi connectivity index (χ0) is 15.7. The Labute approximate surface area is 144 Å². The van der Waals surface area contributed by atoms with Crippen molar-refractivity contribution in [3.63, 3.8) is 0 Å². The van der Waals surface area contributed by atoms with E-state index in [2.05, 4.69) is 36.1 Å². The summed E-state index contributed by atoms with van der Waals surface area (Å²) in [5.41, 5.74) is 2.46. The van der Waals surface area contributed by atoms with Gasteiger partial charge < -0.3 is 9.80 Å². The number of nitrogens with zero attached hydrogens (tertiary/aromatic N) is 2. The van der Waals surface area contributed by atoms with Crippen molar-refractivity contribution in [1.82, 2.24) is 4.90 Å². The number of rotatable bonds is 2. The van der Waals surface area contributed by atoms with Crippen LogP contribution in [0.1, 0.15) is 15.2 Å². The predicted molar refractivity (Wildman–Crippen MR) is 93.6 cm³/mol. The molecule has 116 valence electrons. The first-order valence-corrected chi connectivity index (χ1v) is 8.67. The van der Waals surface area contributed by atoms with Gasteiger partial charge in [-0.05, 0) is 25.1 Å². The summed E-state index contributed by atoms with van der Waals surface area (Å²) >= 11 is 13.1. The van der Waals surface area contributed by atoms with Crippen molar-refractivity contribution in [3.05, 3.63) is 50.1 Å². The molecule has 3 rings (SSSR count). The van der Waals surface area contributed by atoms with Crippen molar-refractivity contribution < 1.29 is 4.79 Å². The van der Waals surface area contributed by atoms with Crippen LogP contribution in [-0.4, -0.2) is 37.0 Å². The lowest BCUT2D eigenvalue weighted by molar-refractivity contribution is 0.0751. The summed E-state index contributed by atoms with van der Waals surface area (Å²) < 4.78 is 0.475. The second-order valence-corrected chi connectivity index (χ2v) is 7.41. The molecule has 0 N–H and O–H groups in total. The third-order valence-electron chi connectivity index (χ3n) is 3.82. The highest BCUT2D eigenvalue weighted by Gasteiger charge is 2.24. The zero-order valence-corrected chi connectivity index (χ0v) is 14.5. The molecule has 0 atom stereocenters. The molecular weight excluding hydrogens is 339 g/mol. The molecule has 1 aliphatic rings. The first-order valence-electron chi connectivity index (χ1n) is 7.10. The summed E-state index contributed by atoms with van der Waals surface area (Å²) in [5.74, 6) is 0.0161. The fourth-order valence-corrected chi connectivity index (χ4v) is 3.87. The van der Waals surface area contributed by atoms with Gasteiger partial charge in [0.1, 0.15) is 4.34 Å². The minimum absolute atomic E-state index is 0.0161. The van der Waals surface area contributed by atoms with Crippen LogP contribution in [0, 0.1) is 6.92 Å². The van der Waals surface area contributed by atoms with E-state index in [-0.39, 0.29) is 5.91 Å². The van der Waals surface area contributed by atoms with E-state index in [0.717, 1.165) is 13.1 Å². The molecule has 1 saturated heterocycles. The number of anilines is 1. The Morgan fingerprint density at radius 1 is 1.09 bits per heavy atom. The van der Waals surface area contributed by atoms with E-state index in [1.807, 2.05) is 4.90 Å². The lowest BCUT2D eigenvalue weighted by Gasteiger charge is -2.36. The van der Waals surface area contributed by atoms with Crippen molar-refractivity contribution in [2.45, 2.75) is 6.92 Å². The highest BCUT2D eigenvalue weighted by atomic mass is 35.5. The van der Waals surface area contributed by atoms with Crippen LogP contribution in [-0.2, 0) is 0 Å². The van der Waals surface area contributed by atoms with Crippen LogP contribution in [0.5, 0.6) is 0 Å². The van der Waals surface area contributed by atoms with E-state index in [1.54, 1.807) is 6.07 Å². The molecule has 2 aromatic rings. The monoisotopic (exact) mass is 354 g/mol. The number of hydrogen-bond acceptors (Lipinski definition) is 3. The Morgan fingerprint density at radius 3 is 2.27 bits per heavy atom. The Kier molecular flexibility index (Phi) is 4.62. The molecule has 1 fully saturated rings. The summed E-state index contributed by atoms with van der Waals surface area (Å²) in [4.78, 5) is 17.2. The topological polar surface area (TPSA) is 23.6 Å². The molecule has 0 saturated carbocycles. The van der Waals surface area contributed by atoms with Gasteiger partial charge in [0.2, 0.25) is 0 Å². The van der Waals surface area contributed by atoms with Crippen LogP contribution in [0.25, 0.3) is 0 Å². The quantitative estimate of drug-likeness (QED) is 0.801. The van der Waals surface area contributed by atoms with Gasteiger partial charge >= 0.3 is 0 Å². The zero-order valence-electron chi connectivity index (χ0n) is 12.2. The number of amides is 1. The van der Waals surface area contributed by atoms with Crippen LogP contribution in [0.4, 0.5) is 5.69 Å².